The Labute approximate surface area is 200 Å². The van der Waals surface area contributed by atoms with Crippen molar-refractivity contribution in [3.63, 3.8) is 0 Å². The van der Waals surface area contributed by atoms with E-state index in [1.807, 2.05) is 48.5 Å². The molecular formula is C27H33N3O4. The molecule has 0 bridgehead atoms. The Morgan fingerprint density at radius 1 is 0.971 bits per heavy atom. The SMILES string of the molecule is N=C(N)c1ccc(-c2ccc(OC[C@@H]3C[C@@H](CC(=O)OC4CCCCCC4)C(=O)N3)cc2)cc1. The number of benzene rings is 2. The summed E-state index contributed by atoms with van der Waals surface area (Å²) < 4.78 is 11.5. The molecule has 1 saturated heterocycles. The molecule has 7 heteroatoms. The monoisotopic (exact) mass is 463 g/mol. The van der Waals surface area contributed by atoms with E-state index in [1.165, 1.54) is 12.8 Å². The van der Waals surface area contributed by atoms with Crippen LogP contribution in [0, 0.1) is 11.3 Å². The van der Waals surface area contributed by atoms with Crippen LogP contribution in [0.4, 0.5) is 0 Å². The quantitative estimate of drug-likeness (QED) is 0.235. The van der Waals surface area contributed by atoms with Gasteiger partial charge in [0, 0.05) is 5.56 Å². The van der Waals surface area contributed by atoms with Crippen LogP contribution >= 0.6 is 0 Å². The number of nitrogens with one attached hydrogen (secondary N) is 2. The zero-order valence-corrected chi connectivity index (χ0v) is 19.4. The first-order chi connectivity index (χ1) is 16.5. The molecule has 34 heavy (non-hydrogen) atoms. The summed E-state index contributed by atoms with van der Waals surface area (Å²) in [5, 5.41) is 10.4. The second kappa shape index (κ2) is 11.2. The zero-order chi connectivity index (χ0) is 23.9. The van der Waals surface area contributed by atoms with Crippen LogP contribution in [0.25, 0.3) is 11.1 Å². The molecule has 1 aliphatic heterocycles. The maximum Gasteiger partial charge on any atom is 0.306 e. The lowest BCUT2D eigenvalue weighted by Crippen LogP contribution is -2.31. The van der Waals surface area contributed by atoms with E-state index in [0.717, 1.165) is 42.6 Å². The van der Waals surface area contributed by atoms with Gasteiger partial charge in [-0.1, -0.05) is 49.2 Å². The fourth-order valence-corrected chi connectivity index (χ4v) is 4.69. The number of nitrogens with two attached hydrogens (primary N) is 1. The van der Waals surface area contributed by atoms with Crippen LogP contribution < -0.4 is 15.8 Å². The Hall–Kier alpha value is -3.35. The van der Waals surface area contributed by atoms with Gasteiger partial charge in [0.05, 0.1) is 18.4 Å². The molecule has 4 rings (SSSR count). The topological polar surface area (TPSA) is 115 Å². The lowest BCUT2D eigenvalue weighted by Gasteiger charge is -2.16. The number of carbonyl (C=O) groups is 2. The summed E-state index contributed by atoms with van der Waals surface area (Å²) in [5.41, 5.74) is 8.26. The van der Waals surface area contributed by atoms with Crippen molar-refractivity contribution in [2.75, 3.05) is 6.61 Å². The van der Waals surface area contributed by atoms with Crippen LogP contribution in [0.1, 0.15) is 56.9 Å². The molecule has 2 fully saturated rings. The summed E-state index contributed by atoms with van der Waals surface area (Å²) in [4.78, 5) is 24.7. The van der Waals surface area contributed by atoms with E-state index >= 15 is 0 Å². The highest BCUT2D eigenvalue weighted by molar-refractivity contribution is 5.95. The van der Waals surface area contributed by atoms with Crippen molar-refractivity contribution in [3.05, 3.63) is 54.1 Å². The Morgan fingerprint density at radius 3 is 2.21 bits per heavy atom. The summed E-state index contributed by atoms with van der Waals surface area (Å²) in [6, 6.07) is 15.1. The van der Waals surface area contributed by atoms with Crippen LogP contribution in [0.2, 0.25) is 0 Å². The fourth-order valence-electron chi connectivity index (χ4n) is 4.69. The molecule has 0 radical (unpaired) electrons. The smallest absolute Gasteiger partial charge is 0.306 e. The van der Waals surface area contributed by atoms with Gasteiger partial charge in [-0.3, -0.25) is 15.0 Å². The van der Waals surface area contributed by atoms with Crippen molar-refractivity contribution in [2.45, 2.75) is 63.5 Å². The molecular weight excluding hydrogens is 430 g/mol. The third kappa shape index (κ3) is 6.37. The first-order valence-electron chi connectivity index (χ1n) is 12.2. The Bertz CT molecular complexity index is 996. The maximum atomic E-state index is 12.4. The molecule has 1 saturated carbocycles. The fraction of sp³-hybridized carbons (Fsp3) is 0.444. The summed E-state index contributed by atoms with van der Waals surface area (Å²) in [6.07, 6.45) is 7.20. The highest BCUT2D eigenvalue weighted by Gasteiger charge is 2.34. The van der Waals surface area contributed by atoms with Gasteiger partial charge in [-0.15, -0.1) is 0 Å². The second-order valence-electron chi connectivity index (χ2n) is 9.27. The number of nitrogen functional groups attached to an aromatic ring is 1. The number of esters is 1. The molecule has 0 unspecified atom stereocenters. The van der Waals surface area contributed by atoms with E-state index in [-0.39, 0.29) is 42.2 Å². The van der Waals surface area contributed by atoms with Gasteiger partial charge < -0.3 is 20.5 Å². The van der Waals surface area contributed by atoms with Gasteiger partial charge in [-0.25, -0.2) is 0 Å². The number of hydrogen-bond donors (Lipinski definition) is 3. The summed E-state index contributed by atoms with van der Waals surface area (Å²) in [5.74, 6) is 0.0474. The third-order valence-corrected chi connectivity index (χ3v) is 6.63. The molecule has 1 amide bonds. The first kappa shape index (κ1) is 23.8. The minimum atomic E-state index is -0.354. The van der Waals surface area contributed by atoms with Crippen molar-refractivity contribution >= 4 is 17.7 Å². The Morgan fingerprint density at radius 2 is 1.59 bits per heavy atom. The lowest BCUT2D eigenvalue weighted by atomic mass is 10.0. The van der Waals surface area contributed by atoms with Crippen molar-refractivity contribution in [1.29, 1.82) is 5.41 Å². The molecule has 180 valence electrons. The standard InChI is InChI=1S/C27H33N3O4/c28-26(29)20-9-7-18(8-10-20)19-11-13-23(14-12-19)33-17-22-15-21(27(32)30-22)16-25(31)34-24-5-3-1-2-4-6-24/h7-14,21-22,24H,1-6,15-17H2,(H3,28,29)(H,30,32)/t21-,22-/m0/s1. The van der Waals surface area contributed by atoms with Crippen molar-refractivity contribution in [3.8, 4) is 16.9 Å². The van der Waals surface area contributed by atoms with Gasteiger partial charge >= 0.3 is 5.97 Å². The summed E-state index contributed by atoms with van der Waals surface area (Å²) in [6.45, 7) is 0.354. The largest absolute Gasteiger partial charge is 0.491 e. The molecule has 7 nitrogen and oxygen atoms in total. The van der Waals surface area contributed by atoms with Crippen LogP contribution in [0.15, 0.2) is 48.5 Å². The van der Waals surface area contributed by atoms with E-state index in [4.69, 9.17) is 20.6 Å². The van der Waals surface area contributed by atoms with Gasteiger partial charge in [0.25, 0.3) is 0 Å². The molecule has 0 aromatic heterocycles. The van der Waals surface area contributed by atoms with Crippen LogP contribution in [0.5, 0.6) is 5.75 Å². The summed E-state index contributed by atoms with van der Waals surface area (Å²) in [7, 11) is 0. The first-order valence-corrected chi connectivity index (χ1v) is 12.2. The number of hydrogen-bond acceptors (Lipinski definition) is 5. The average Bonchev–Trinajstić information content (AvgIpc) is 3.00. The predicted molar refractivity (Wildman–Crippen MR) is 131 cm³/mol. The maximum absolute atomic E-state index is 12.4. The number of ether oxygens (including phenoxy) is 2. The number of amidine groups is 1. The Kier molecular flexibility index (Phi) is 7.83. The summed E-state index contributed by atoms with van der Waals surface area (Å²) >= 11 is 0. The molecule has 2 atom stereocenters. The Balaban J connectivity index is 1.23. The van der Waals surface area contributed by atoms with Gasteiger partial charge in [-0.2, -0.15) is 0 Å². The number of amides is 1. The molecule has 2 aromatic carbocycles. The minimum absolute atomic E-state index is 0.00800. The number of carbonyl (C=O) groups excluding carboxylic acids is 2. The average molecular weight is 464 g/mol. The lowest BCUT2D eigenvalue weighted by molar-refractivity contribution is -0.152. The van der Waals surface area contributed by atoms with E-state index in [9.17, 15) is 9.59 Å². The van der Waals surface area contributed by atoms with Gasteiger partial charge in [0.1, 0.15) is 24.3 Å². The molecule has 2 aliphatic rings. The molecule has 1 aliphatic carbocycles. The van der Waals surface area contributed by atoms with Crippen molar-refractivity contribution < 1.29 is 19.1 Å². The van der Waals surface area contributed by atoms with Crippen molar-refractivity contribution in [2.24, 2.45) is 11.7 Å². The van der Waals surface area contributed by atoms with Crippen LogP contribution in [-0.2, 0) is 14.3 Å². The highest BCUT2D eigenvalue weighted by atomic mass is 16.5. The second-order valence-corrected chi connectivity index (χ2v) is 9.27. The van der Waals surface area contributed by atoms with Crippen LogP contribution in [0.3, 0.4) is 0 Å². The van der Waals surface area contributed by atoms with Gasteiger partial charge in [-0.05, 0) is 55.4 Å². The van der Waals surface area contributed by atoms with Crippen molar-refractivity contribution in [1.82, 2.24) is 5.32 Å². The zero-order valence-electron chi connectivity index (χ0n) is 19.4. The minimum Gasteiger partial charge on any atom is -0.491 e. The highest BCUT2D eigenvalue weighted by Crippen LogP contribution is 2.26. The normalized spacial score (nSPS) is 20.9. The van der Waals surface area contributed by atoms with E-state index in [0.29, 0.717) is 18.6 Å². The van der Waals surface area contributed by atoms with Crippen LogP contribution in [-0.4, -0.2) is 36.5 Å². The van der Waals surface area contributed by atoms with E-state index < -0.39 is 0 Å². The van der Waals surface area contributed by atoms with Gasteiger partial charge in [0.2, 0.25) is 5.91 Å². The predicted octanol–water partition coefficient (Wildman–Crippen LogP) is 4.18. The number of rotatable bonds is 8. The van der Waals surface area contributed by atoms with E-state index in [1.54, 1.807) is 0 Å². The third-order valence-electron chi connectivity index (χ3n) is 6.63. The molecule has 2 aromatic rings. The molecule has 4 N–H and O–H groups in total. The van der Waals surface area contributed by atoms with Gasteiger partial charge in [0.15, 0.2) is 0 Å². The van der Waals surface area contributed by atoms with E-state index in [2.05, 4.69) is 5.32 Å². The molecule has 1 heterocycles. The molecule has 0 spiro atoms.